The van der Waals surface area contributed by atoms with Crippen LogP contribution in [0.25, 0.3) is 0 Å². The predicted octanol–water partition coefficient (Wildman–Crippen LogP) is 4.36. The lowest BCUT2D eigenvalue weighted by Crippen LogP contribution is -2.29. The van der Waals surface area contributed by atoms with Gasteiger partial charge in [0.05, 0.1) is 3.79 Å². The van der Waals surface area contributed by atoms with Gasteiger partial charge >= 0.3 is 0 Å². The number of aliphatic imine (C=N–C) groups is 1. The summed E-state index contributed by atoms with van der Waals surface area (Å²) in [5, 5.41) is 4.64. The zero-order valence-corrected chi connectivity index (χ0v) is 14.8. The van der Waals surface area contributed by atoms with Gasteiger partial charge in [-0.05, 0) is 40.0 Å². The smallest absolute Gasteiger partial charge is 0.156 e. The van der Waals surface area contributed by atoms with Crippen LogP contribution in [-0.4, -0.2) is 23.5 Å². The molecule has 0 aliphatic carbocycles. The first kappa shape index (κ1) is 15.1. The van der Waals surface area contributed by atoms with E-state index >= 15 is 0 Å². The van der Waals surface area contributed by atoms with Crippen molar-refractivity contribution in [3.05, 3.63) is 56.7 Å². The normalized spacial score (nSPS) is 19.9. The molecule has 1 unspecified atom stereocenters. The van der Waals surface area contributed by atoms with E-state index in [0.717, 1.165) is 30.3 Å². The molecule has 1 aromatic heterocycles. The Morgan fingerprint density at radius 2 is 2.05 bits per heavy atom. The Balaban J connectivity index is 1.46. The monoisotopic (exact) mass is 380 g/mol. The third-order valence-corrected chi connectivity index (χ3v) is 6.09. The first-order valence-electron chi connectivity index (χ1n) is 7.01. The summed E-state index contributed by atoms with van der Waals surface area (Å²) in [6.45, 7) is 0.861. The van der Waals surface area contributed by atoms with Gasteiger partial charge in [0.2, 0.25) is 0 Å². The molecule has 1 N–H and O–H groups in total. The van der Waals surface area contributed by atoms with Crippen LogP contribution in [0.15, 0.2) is 51.2 Å². The molecular weight excluding hydrogens is 364 g/mol. The number of nitrogens with zero attached hydrogens (tertiary/aromatic N) is 1. The molecule has 0 amide bonds. The molecule has 0 radical (unpaired) electrons. The molecule has 5 heteroatoms. The minimum Gasteiger partial charge on any atom is -0.361 e. The maximum atomic E-state index is 4.68. The van der Waals surface area contributed by atoms with Gasteiger partial charge in [0.15, 0.2) is 5.17 Å². The van der Waals surface area contributed by atoms with Gasteiger partial charge in [-0.25, -0.2) is 0 Å². The second-order valence-corrected chi connectivity index (χ2v) is 8.54. The molecule has 2 nitrogen and oxygen atoms in total. The average molecular weight is 381 g/mol. The summed E-state index contributed by atoms with van der Waals surface area (Å²) in [6.07, 6.45) is 2.09. The molecule has 1 aliphatic heterocycles. The number of thiophene rings is 1. The Morgan fingerprint density at radius 1 is 1.19 bits per heavy atom. The molecule has 1 aromatic carbocycles. The minimum absolute atomic E-state index is 0.507. The van der Waals surface area contributed by atoms with Crippen molar-refractivity contribution in [2.75, 3.05) is 12.3 Å². The van der Waals surface area contributed by atoms with Crippen LogP contribution in [0.4, 0.5) is 0 Å². The number of benzene rings is 1. The molecule has 1 atom stereocenters. The van der Waals surface area contributed by atoms with E-state index in [4.69, 9.17) is 0 Å². The third-order valence-electron chi connectivity index (χ3n) is 3.32. The number of hydrogen-bond acceptors (Lipinski definition) is 3. The van der Waals surface area contributed by atoms with Crippen molar-refractivity contribution in [3.8, 4) is 0 Å². The Bertz CT molecular complexity index is 610. The molecule has 21 heavy (non-hydrogen) atoms. The molecule has 1 fully saturated rings. The first-order valence-corrected chi connectivity index (χ1v) is 9.61. The molecule has 0 bridgehead atoms. The summed E-state index contributed by atoms with van der Waals surface area (Å²) in [5.41, 5.74) is 1.39. The fourth-order valence-electron chi connectivity index (χ4n) is 2.29. The fourth-order valence-corrected chi connectivity index (χ4v) is 4.76. The average Bonchev–Trinajstić information content (AvgIpc) is 3.10. The van der Waals surface area contributed by atoms with Gasteiger partial charge in [0.1, 0.15) is 0 Å². The van der Waals surface area contributed by atoms with Gasteiger partial charge in [-0.15, -0.1) is 11.3 Å². The highest BCUT2D eigenvalue weighted by Crippen LogP contribution is 2.23. The Labute approximate surface area is 142 Å². The first-order chi connectivity index (χ1) is 10.3. The number of thioether (sulfide) groups is 1. The van der Waals surface area contributed by atoms with Gasteiger partial charge < -0.3 is 5.32 Å². The van der Waals surface area contributed by atoms with Crippen LogP contribution in [0.2, 0.25) is 0 Å². The van der Waals surface area contributed by atoms with Gasteiger partial charge in [-0.1, -0.05) is 42.1 Å². The summed E-state index contributed by atoms with van der Waals surface area (Å²) < 4.78 is 1.20. The highest BCUT2D eigenvalue weighted by molar-refractivity contribution is 9.11. The zero-order valence-electron chi connectivity index (χ0n) is 11.6. The lowest BCUT2D eigenvalue weighted by atomic mass is 10.1. The fraction of sp³-hybridized carbons (Fsp3) is 0.312. The number of rotatable bonds is 5. The highest BCUT2D eigenvalue weighted by Gasteiger charge is 2.20. The molecule has 1 aliphatic rings. The van der Waals surface area contributed by atoms with Gasteiger partial charge in [0, 0.05) is 29.6 Å². The lowest BCUT2D eigenvalue weighted by molar-refractivity contribution is 0.686. The quantitative estimate of drug-likeness (QED) is 0.833. The molecule has 2 aromatic rings. The van der Waals surface area contributed by atoms with Gasteiger partial charge in [0.25, 0.3) is 0 Å². The Kier molecular flexibility index (Phi) is 5.38. The minimum atomic E-state index is 0.507. The summed E-state index contributed by atoms with van der Waals surface area (Å²) >= 11 is 7.13. The number of amidine groups is 1. The van der Waals surface area contributed by atoms with Gasteiger partial charge in [-0.3, -0.25) is 4.99 Å². The summed E-state index contributed by atoms with van der Waals surface area (Å²) in [5.74, 6) is 1.11. The van der Waals surface area contributed by atoms with Gasteiger partial charge in [-0.2, -0.15) is 0 Å². The van der Waals surface area contributed by atoms with Crippen LogP contribution >= 0.6 is 39.0 Å². The third kappa shape index (κ3) is 4.59. The van der Waals surface area contributed by atoms with Crippen molar-refractivity contribution in [2.45, 2.75) is 18.9 Å². The van der Waals surface area contributed by atoms with Crippen LogP contribution in [-0.2, 0) is 12.8 Å². The number of hydrogen-bond donors (Lipinski definition) is 1. The molecule has 3 rings (SSSR count). The van der Waals surface area contributed by atoms with Crippen LogP contribution in [0.3, 0.4) is 0 Å². The molecule has 0 saturated carbocycles. The van der Waals surface area contributed by atoms with Crippen molar-refractivity contribution in [3.63, 3.8) is 0 Å². The van der Waals surface area contributed by atoms with Crippen molar-refractivity contribution in [1.82, 2.24) is 5.32 Å². The summed E-state index contributed by atoms with van der Waals surface area (Å²) in [6, 6.07) is 15.4. The van der Waals surface area contributed by atoms with Crippen molar-refractivity contribution >= 4 is 44.2 Å². The second kappa shape index (κ2) is 7.47. The Hall–Kier alpha value is -0.780. The van der Waals surface area contributed by atoms with E-state index in [1.165, 1.54) is 14.2 Å². The van der Waals surface area contributed by atoms with E-state index in [1.54, 1.807) is 11.3 Å². The maximum absolute atomic E-state index is 4.68. The van der Waals surface area contributed by atoms with E-state index in [-0.39, 0.29) is 0 Å². The number of nitrogens with one attached hydrogen (secondary N) is 1. The summed E-state index contributed by atoms with van der Waals surface area (Å²) in [4.78, 5) is 6.06. The van der Waals surface area contributed by atoms with E-state index in [2.05, 4.69) is 68.7 Å². The van der Waals surface area contributed by atoms with Crippen LogP contribution < -0.4 is 5.32 Å². The van der Waals surface area contributed by atoms with Crippen molar-refractivity contribution < 1.29 is 0 Å². The van der Waals surface area contributed by atoms with Crippen LogP contribution in [0, 0.1) is 0 Å². The molecular formula is C16H17BrN2S2. The SMILES string of the molecule is Brc1ccc(CCN=C2NC(Cc3ccccc3)CS2)s1. The highest BCUT2D eigenvalue weighted by atomic mass is 79.9. The maximum Gasteiger partial charge on any atom is 0.156 e. The van der Waals surface area contributed by atoms with E-state index < -0.39 is 0 Å². The lowest BCUT2D eigenvalue weighted by Gasteiger charge is -2.09. The largest absolute Gasteiger partial charge is 0.361 e. The second-order valence-electron chi connectivity index (χ2n) is 4.98. The summed E-state index contributed by atoms with van der Waals surface area (Å²) in [7, 11) is 0. The molecule has 110 valence electrons. The van der Waals surface area contributed by atoms with E-state index in [1.807, 2.05) is 11.8 Å². The Morgan fingerprint density at radius 3 is 2.81 bits per heavy atom. The topological polar surface area (TPSA) is 24.4 Å². The van der Waals surface area contributed by atoms with Crippen molar-refractivity contribution in [1.29, 1.82) is 0 Å². The van der Waals surface area contributed by atoms with Crippen LogP contribution in [0.5, 0.6) is 0 Å². The van der Waals surface area contributed by atoms with E-state index in [0.29, 0.717) is 6.04 Å². The molecule has 2 heterocycles. The van der Waals surface area contributed by atoms with Crippen molar-refractivity contribution in [2.24, 2.45) is 4.99 Å². The molecule has 0 spiro atoms. The van der Waals surface area contributed by atoms with E-state index in [9.17, 15) is 0 Å². The zero-order chi connectivity index (χ0) is 14.5. The predicted molar refractivity (Wildman–Crippen MR) is 97.6 cm³/mol. The molecule has 1 saturated heterocycles. The standard InChI is InChI=1S/C16H17BrN2S2/c17-15-7-6-14(21-15)8-9-18-16-19-13(11-20-16)10-12-4-2-1-3-5-12/h1-7,13H,8-11H2,(H,18,19). The number of halogens is 1. The van der Waals surface area contributed by atoms with Crippen LogP contribution in [0.1, 0.15) is 10.4 Å².